The number of phenols is 1. The van der Waals surface area contributed by atoms with Crippen LogP contribution in [0, 0.1) is 0 Å². The predicted molar refractivity (Wildman–Crippen MR) is 109 cm³/mol. The van der Waals surface area contributed by atoms with E-state index in [1.54, 1.807) is 6.07 Å². The number of hydrogen-bond donors (Lipinski definition) is 1. The zero-order chi connectivity index (χ0) is 20.1. The van der Waals surface area contributed by atoms with Gasteiger partial charge in [-0.2, -0.15) is 0 Å². The third-order valence-electron chi connectivity index (χ3n) is 6.16. The van der Waals surface area contributed by atoms with Gasteiger partial charge < -0.3 is 9.84 Å². The first-order valence-corrected chi connectivity index (χ1v) is 10.0. The number of fused-ring (bicyclic) bond motifs is 3. The van der Waals surface area contributed by atoms with Crippen LogP contribution in [0.3, 0.4) is 0 Å². The Kier molecular flexibility index (Phi) is 4.50. The maximum atomic E-state index is 13.3. The van der Waals surface area contributed by atoms with E-state index in [0.29, 0.717) is 0 Å². The lowest BCUT2D eigenvalue weighted by molar-refractivity contribution is -0.158. The Morgan fingerprint density at radius 2 is 1.93 bits per heavy atom. The maximum absolute atomic E-state index is 13.3. The fraction of sp³-hybridized carbons (Fsp3) is 0.458. The molecule has 0 aromatic heterocycles. The first kappa shape index (κ1) is 19.0. The van der Waals surface area contributed by atoms with Gasteiger partial charge >= 0.3 is 5.97 Å². The van der Waals surface area contributed by atoms with Crippen molar-refractivity contribution in [3.8, 4) is 5.75 Å². The van der Waals surface area contributed by atoms with Crippen LogP contribution in [0.2, 0.25) is 0 Å². The molecule has 0 radical (unpaired) electrons. The van der Waals surface area contributed by atoms with Gasteiger partial charge in [-0.05, 0) is 62.6 Å². The summed E-state index contributed by atoms with van der Waals surface area (Å²) in [6.45, 7) is 9.68. The summed E-state index contributed by atoms with van der Waals surface area (Å²) in [7, 11) is 0. The normalized spacial score (nSPS) is 26.7. The number of ether oxygens (including phenoxy) is 1. The summed E-state index contributed by atoms with van der Waals surface area (Å²) in [6.07, 6.45) is 0.959. The van der Waals surface area contributed by atoms with E-state index in [4.69, 9.17) is 4.74 Å². The number of carbonyl (C=O) groups is 1. The van der Waals surface area contributed by atoms with Crippen molar-refractivity contribution >= 4 is 5.97 Å². The second-order valence-corrected chi connectivity index (χ2v) is 9.35. The fourth-order valence-corrected chi connectivity index (χ4v) is 5.04. The van der Waals surface area contributed by atoms with Gasteiger partial charge in [0.15, 0.2) is 0 Å². The molecule has 28 heavy (non-hydrogen) atoms. The van der Waals surface area contributed by atoms with Gasteiger partial charge in [0, 0.05) is 18.0 Å². The molecule has 0 saturated carbocycles. The monoisotopic (exact) mass is 379 g/mol. The standard InChI is InChI=1S/C24H29NO3/c1-23(2,3)28-22(27)20-18-11-10-17(26)14-19(18)24(4)12-13-25(21(20)24)15-16-8-6-5-7-9-16/h5-11,14,20-21,26H,12-13,15H2,1-4H3/t20?,21?,24-/m0/s1. The minimum Gasteiger partial charge on any atom is -0.508 e. The quantitative estimate of drug-likeness (QED) is 0.805. The molecule has 2 aliphatic rings. The Hall–Kier alpha value is -2.33. The number of hydrogen-bond acceptors (Lipinski definition) is 4. The van der Waals surface area contributed by atoms with Gasteiger partial charge in [0.25, 0.3) is 0 Å². The van der Waals surface area contributed by atoms with Gasteiger partial charge in [-0.25, -0.2) is 0 Å². The lowest BCUT2D eigenvalue weighted by Gasteiger charge is -2.34. The molecule has 1 aliphatic heterocycles. The minimum absolute atomic E-state index is 0.0272. The van der Waals surface area contributed by atoms with Crippen molar-refractivity contribution < 1.29 is 14.6 Å². The molecule has 4 nitrogen and oxygen atoms in total. The van der Waals surface area contributed by atoms with E-state index in [2.05, 4.69) is 36.1 Å². The number of esters is 1. The molecule has 148 valence electrons. The van der Waals surface area contributed by atoms with Crippen molar-refractivity contribution in [2.75, 3.05) is 6.54 Å². The SMILES string of the molecule is CC(C)(C)OC(=O)C1c2ccc(O)cc2[C@]2(C)CCN(Cc3ccccc3)C12. The van der Waals surface area contributed by atoms with Crippen LogP contribution >= 0.6 is 0 Å². The summed E-state index contributed by atoms with van der Waals surface area (Å²) in [5.74, 6) is -0.260. The van der Waals surface area contributed by atoms with Gasteiger partial charge in [-0.3, -0.25) is 9.69 Å². The van der Waals surface area contributed by atoms with Crippen LogP contribution < -0.4 is 0 Å². The molecule has 1 aliphatic carbocycles. The molecule has 2 aromatic rings. The van der Waals surface area contributed by atoms with E-state index in [0.717, 1.165) is 30.6 Å². The Morgan fingerprint density at radius 3 is 2.61 bits per heavy atom. The number of phenolic OH excluding ortho intramolecular Hbond substituents is 1. The van der Waals surface area contributed by atoms with E-state index < -0.39 is 5.60 Å². The molecule has 1 fully saturated rings. The van der Waals surface area contributed by atoms with E-state index in [-0.39, 0.29) is 29.1 Å². The topological polar surface area (TPSA) is 49.8 Å². The molecule has 1 N–H and O–H groups in total. The van der Waals surface area contributed by atoms with Crippen molar-refractivity contribution in [3.05, 3.63) is 65.2 Å². The van der Waals surface area contributed by atoms with Crippen molar-refractivity contribution in [2.24, 2.45) is 0 Å². The summed E-state index contributed by atoms with van der Waals surface area (Å²) >= 11 is 0. The Bertz CT molecular complexity index is 886. The van der Waals surface area contributed by atoms with Crippen molar-refractivity contribution in [1.29, 1.82) is 0 Å². The number of likely N-dealkylation sites (tertiary alicyclic amines) is 1. The second kappa shape index (κ2) is 6.63. The first-order valence-electron chi connectivity index (χ1n) is 10.0. The minimum atomic E-state index is -0.532. The summed E-state index contributed by atoms with van der Waals surface area (Å²) in [4.78, 5) is 15.7. The maximum Gasteiger partial charge on any atom is 0.315 e. The molecule has 0 amide bonds. The van der Waals surface area contributed by atoms with Crippen LogP contribution in [0.5, 0.6) is 5.75 Å². The summed E-state index contributed by atoms with van der Waals surface area (Å²) in [5, 5.41) is 10.1. The molecular weight excluding hydrogens is 350 g/mol. The summed E-state index contributed by atoms with van der Waals surface area (Å²) in [6, 6.07) is 15.9. The molecule has 3 atom stereocenters. The zero-order valence-corrected chi connectivity index (χ0v) is 17.1. The number of nitrogens with zero attached hydrogens (tertiary/aromatic N) is 1. The van der Waals surface area contributed by atoms with Crippen LogP contribution in [-0.2, 0) is 21.5 Å². The van der Waals surface area contributed by atoms with Crippen LogP contribution in [0.25, 0.3) is 0 Å². The molecule has 1 heterocycles. The molecule has 0 spiro atoms. The largest absolute Gasteiger partial charge is 0.508 e. The lowest BCUT2D eigenvalue weighted by atomic mass is 9.79. The van der Waals surface area contributed by atoms with Gasteiger partial charge in [0.2, 0.25) is 0 Å². The zero-order valence-electron chi connectivity index (χ0n) is 17.1. The molecule has 4 rings (SSSR count). The Morgan fingerprint density at radius 1 is 1.21 bits per heavy atom. The second-order valence-electron chi connectivity index (χ2n) is 9.35. The third kappa shape index (κ3) is 3.20. The Labute approximate surface area is 167 Å². The van der Waals surface area contributed by atoms with E-state index in [1.165, 1.54) is 5.56 Å². The van der Waals surface area contributed by atoms with Crippen molar-refractivity contribution in [3.63, 3.8) is 0 Å². The molecule has 2 unspecified atom stereocenters. The highest BCUT2D eigenvalue weighted by molar-refractivity contribution is 5.83. The summed E-state index contributed by atoms with van der Waals surface area (Å²) < 4.78 is 5.83. The first-order chi connectivity index (χ1) is 13.2. The van der Waals surface area contributed by atoms with E-state index >= 15 is 0 Å². The predicted octanol–water partition coefficient (Wildman–Crippen LogP) is 4.36. The fourth-order valence-electron chi connectivity index (χ4n) is 5.04. The molecule has 2 aromatic carbocycles. The number of rotatable bonds is 3. The average Bonchev–Trinajstić information content (AvgIpc) is 3.06. The average molecular weight is 380 g/mol. The van der Waals surface area contributed by atoms with Gasteiger partial charge in [0.1, 0.15) is 11.4 Å². The van der Waals surface area contributed by atoms with Crippen LogP contribution in [-0.4, -0.2) is 34.2 Å². The molecule has 4 heteroatoms. The number of benzene rings is 2. The van der Waals surface area contributed by atoms with Gasteiger partial charge in [-0.15, -0.1) is 0 Å². The van der Waals surface area contributed by atoms with E-state index in [9.17, 15) is 9.90 Å². The van der Waals surface area contributed by atoms with E-state index in [1.807, 2.05) is 39.0 Å². The molecule has 1 saturated heterocycles. The van der Waals surface area contributed by atoms with Gasteiger partial charge in [-0.1, -0.05) is 43.3 Å². The molecule has 0 bridgehead atoms. The number of carbonyl (C=O) groups excluding carboxylic acids is 1. The number of aromatic hydroxyl groups is 1. The van der Waals surface area contributed by atoms with Crippen LogP contribution in [0.15, 0.2) is 48.5 Å². The van der Waals surface area contributed by atoms with Crippen molar-refractivity contribution in [1.82, 2.24) is 4.90 Å². The lowest BCUT2D eigenvalue weighted by Crippen LogP contribution is -2.43. The third-order valence-corrected chi connectivity index (χ3v) is 6.16. The van der Waals surface area contributed by atoms with Crippen LogP contribution in [0.4, 0.5) is 0 Å². The smallest absolute Gasteiger partial charge is 0.315 e. The summed E-state index contributed by atoms with van der Waals surface area (Å²) in [5.41, 5.74) is 2.62. The Balaban J connectivity index is 1.75. The highest BCUT2D eigenvalue weighted by Gasteiger charge is 2.58. The van der Waals surface area contributed by atoms with Crippen molar-refractivity contribution in [2.45, 2.75) is 63.6 Å². The molecular formula is C24H29NO3. The highest BCUT2D eigenvalue weighted by Crippen LogP contribution is 2.55. The van der Waals surface area contributed by atoms with Crippen LogP contribution in [0.1, 0.15) is 56.7 Å². The highest BCUT2D eigenvalue weighted by atomic mass is 16.6. The van der Waals surface area contributed by atoms with Gasteiger partial charge in [0.05, 0.1) is 5.92 Å².